The molecule has 0 aromatic heterocycles. The third kappa shape index (κ3) is 3.80. The molecule has 0 aromatic rings. The highest BCUT2D eigenvalue weighted by atomic mass is 16.5. The molecule has 1 heterocycles. The van der Waals surface area contributed by atoms with E-state index in [4.69, 9.17) is 4.74 Å². The standard InChI is InChI=1S/C11H22N2O2/c1-9-5-7-13(6-4-8-15-3)11(14)10(2)12-9/h9-10,12H,4-8H2,1-3H3. The quantitative estimate of drug-likeness (QED) is 0.698. The first kappa shape index (κ1) is 12.5. The van der Waals surface area contributed by atoms with Gasteiger partial charge >= 0.3 is 0 Å². The van der Waals surface area contributed by atoms with Crippen LogP contribution < -0.4 is 5.32 Å². The number of nitrogens with one attached hydrogen (secondary N) is 1. The van der Waals surface area contributed by atoms with Crippen molar-refractivity contribution < 1.29 is 9.53 Å². The van der Waals surface area contributed by atoms with E-state index >= 15 is 0 Å². The van der Waals surface area contributed by atoms with E-state index in [1.807, 2.05) is 11.8 Å². The highest BCUT2D eigenvalue weighted by Gasteiger charge is 2.25. The van der Waals surface area contributed by atoms with E-state index in [-0.39, 0.29) is 11.9 Å². The Morgan fingerprint density at radius 2 is 2.27 bits per heavy atom. The highest BCUT2D eigenvalue weighted by Crippen LogP contribution is 2.07. The molecule has 1 aliphatic heterocycles. The molecule has 1 N–H and O–H groups in total. The first-order chi connectivity index (χ1) is 7.15. The molecule has 15 heavy (non-hydrogen) atoms. The number of hydrogen-bond donors (Lipinski definition) is 1. The van der Waals surface area contributed by atoms with Crippen molar-refractivity contribution in [1.29, 1.82) is 0 Å². The number of nitrogens with zero attached hydrogens (tertiary/aromatic N) is 1. The van der Waals surface area contributed by atoms with Crippen molar-refractivity contribution in [2.75, 3.05) is 26.8 Å². The van der Waals surface area contributed by atoms with Crippen LogP contribution >= 0.6 is 0 Å². The van der Waals surface area contributed by atoms with E-state index in [0.29, 0.717) is 6.04 Å². The number of methoxy groups -OCH3 is 1. The Hall–Kier alpha value is -0.610. The molecule has 0 radical (unpaired) electrons. The monoisotopic (exact) mass is 214 g/mol. The minimum atomic E-state index is -0.0509. The molecule has 1 aliphatic rings. The summed E-state index contributed by atoms with van der Waals surface area (Å²) in [5.41, 5.74) is 0. The normalized spacial score (nSPS) is 27.9. The third-order valence-electron chi connectivity index (χ3n) is 2.83. The largest absolute Gasteiger partial charge is 0.385 e. The summed E-state index contributed by atoms with van der Waals surface area (Å²) in [6.07, 6.45) is 1.95. The zero-order valence-corrected chi connectivity index (χ0v) is 9.95. The Morgan fingerprint density at radius 3 is 2.93 bits per heavy atom. The molecule has 1 fully saturated rings. The summed E-state index contributed by atoms with van der Waals surface area (Å²) in [6.45, 7) is 6.46. The summed E-state index contributed by atoms with van der Waals surface area (Å²) in [5.74, 6) is 0.218. The van der Waals surface area contributed by atoms with E-state index in [1.165, 1.54) is 0 Å². The lowest BCUT2D eigenvalue weighted by Gasteiger charge is -2.22. The molecule has 2 atom stereocenters. The van der Waals surface area contributed by atoms with Crippen molar-refractivity contribution in [1.82, 2.24) is 10.2 Å². The zero-order valence-electron chi connectivity index (χ0n) is 9.95. The first-order valence-corrected chi connectivity index (χ1v) is 5.69. The number of rotatable bonds is 4. The molecule has 0 saturated carbocycles. The molecule has 1 amide bonds. The predicted molar refractivity (Wildman–Crippen MR) is 59.7 cm³/mol. The number of ether oxygens (including phenoxy) is 1. The second kappa shape index (κ2) is 6.08. The Labute approximate surface area is 92.0 Å². The van der Waals surface area contributed by atoms with Gasteiger partial charge < -0.3 is 15.0 Å². The second-order valence-corrected chi connectivity index (χ2v) is 4.25. The Bertz CT molecular complexity index is 209. The maximum absolute atomic E-state index is 11.9. The fourth-order valence-corrected chi connectivity index (χ4v) is 1.94. The minimum absolute atomic E-state index is 0.0509. The Kier molecular flexibility index (Phi) is 5.05. The maximum atomic E-state index is 11.9. The van der Waals surface area contributed by atoms with Gasteiger partial charge in [-0.05, 0) is 26.7 Å². The smallest absolute Gasteiger partial charge is 0.239 e. The average molecular weight is 214 g/mol. The highest BCUT2D eigenvalue weighted by molar-refractivity contribution is 5.81. The van der Waals surface area contributed by atoms with Crippen molar-refractivity contribution in [3.63, 3.8) is 0 Å². The molecule has 2 unspecified atom stereocenters. The second-order valence-electron chi connectivity index (χ2n) is 4.25. The van der Waals surface area contributed by atoms with Crippen LogP contribution in [0.2, 0.25) is 0 Å². The van der Waals surface area contributed by atoms with Crippen LogP contribution in [0.4, 0.5) is 0 Å². The minimum Gasteiger partial charge on any atom is -0.385 e. The van der Waals surface area contributed by atoms with Crippen LogP contribution in [0.15, 0.2) is 0 Å². The zero-order chi connectivity index (χ0) is 11.3. The van der Waals surface area contributed by atoms with E-state index in [9.17, 15) is 4.79 Å². The first-order valence-electron chi connectivity index (χ1n) is 5.69. The number of hydrogen-bond acceptors (Lipinski definition) is 3. The topological polar surface area (TPSA) is 41.6 Å². The van der Waals surface area contributed by atoms with Gasteiger partial charge in [-0.1, -0.05) is 0 Å². The van der Waals surface area contributed by atoms with Crippen molar-refractivity contribution in [2.24, 2.45) is 0 Å². The van der Waals surface area contributed by atoms with Crippen LogP contribution in [0, 0.1) is 0 Å². The molecule has 1 saturated heterocycles. The van der Waals surface area contributed by atoms with Crippen LogP contribution in [0.1, 0.15) is 26.7 Å². The average Bonchev–Trinajstić information content (AvgIpc) is 2.31. The van der Waals surface area contributed by atoms with E-state index in [2.05, 4.69) is 12.2 Å². The Morgan fingerprint density at radius 1 is 1.53 bits per heavy atom. The number of carbonyl (C=O) groups excluding carboxylic acids is 1. The fourth-order valence-electron chi connectivity index (χ4n) is 1.94. The van der Waals surface area contributed by atoms with Crippen LogP contribution in [0.25, 0.3) is 0 Å². The fraction of sp³-hybridized carbons (Fsp3) is 0.909. The SMILES string of the molecule is COCCCN1CCC(C)NC(C)C1=O. The van der Waals surface area contributed by atoms with Gasteiger partial charge in [-0.2, -0.15) is 0 Å². The number of amides is 1. The van der Waals surface area contributed by atoms with Crippen molar-refractivity contribution in [3.8, 4) is 0 Å². The lowest BCUT2D eigenvalue weighted by Crippen LogP contribution is -2.43. The summed E-state index contributed by atoms with van der Waals surface area (Å²) >= 11 is 0. The third-order valence-corrected chi connectivity index (χ3v) is 2.83. The van der Waals surface area contributed by atoms with Crippen molar-refractivity contribution >= 4 is 5.91 Å². The van der Waals surface area contributed by atoms with Gasteiger partial charge in [-0.15, -0.1) is 0 Å². The van der Waals surface area contributed by atoms with Gasteiger partial charge in [-0.25, -0.2) is 0 Å². The summed E-state index contributed by atoms with van der Waals surface area (Å²) in [6, 6.07) is 0.376. The van der Waals surface area contributed by atoms with Crippen LogP contribution in [0.5, 0.6) is 0 Å². The van der Waals surface area contributed by atoms with Gasteiger partial charge in [0.2, 0.25) is 5.91 Å². The molecule has 88 valence electrons. The summed E-state index contributed by atoms with van der Waals surface area (Å²) in [7, 11) is 1.69. The van der Waals surface area contributed by atoms with Gasteiger partial charge in [0.25, 0.3) is 0 Å². The van der Waals surface area contributed by atoms with E-state index in [0.717, 1.165) is 32.5 Å². The van der Waals surface area contributed by atoms with Gasteiger partial charge in [0.05, 0.1) is 6.04 Å². The predicted octanol–water partition coefficient (Wildman–Crippen LogP) is 0.622. The molecule has 1 rings (SSSR count). The molecule has 0 spiro atoms. The summed E-state index contributed by atoms with van der Waals surface area (Å²) < 4.78 is 4.99. The van der Waals surface area contributed by atoms with E-state index < -0.39 is 0 Å². The lowest BCUT2D eigenvalue weighted by atomic mass is 10.2. The molecule has 0 bridgehead atoms. The van der Waals surface area contributed by atoms with Crippen molar-refractivity contribution in [3.05, 3.63) is 0 Å². The van der Waals surface area contributed by atoms with Gasteiger partial charge in [0, 0.05) is 32.8 Å². The molecular formula is C11H22N2O2. The lowest BCUT2D eigenvalue weighted by molar-refractivity contribution is -0.132. The van der Waals surface area contributed by atoms with Gasteiger partial charge in [-0.3, -0.25) is 4.79 Å². The summed E-state index contributed by atoms with van der Waals surface area (Å²) in [5, 5.41) is 3.29. The van der Waals surface area contributed by atoms with Crippen LogP contribution in [0.3, 0.4) is 0 Å². The molecule has 0 aliphatic carbocycles. The Balaban J connectivity index is 2.44. The maximum Gasteiger partial charge on any atom is 0.239 e. The molecule has 0 aromatic carbocycles. The number of carbonyl (C=O) groups is 1. The van der Waals surface area contributed by atoms with Gasteiger partial charge in [0.1, 0.15) is 0 Å². The van der Waals surface area contributed by atoms with E-state index in [1.54, 1.807) is 7.11 Å². The summed E-state index contributed by atoms with van der Waals surface area (Å²) in [4.78, 5) is 13.9. The van der Waals surface area contributed by atoms with Crippen LogP contribution in [-0.4, -0.2) is 49.7 Å². The van der Waals surface area contributed by atoms with Crippen molar-refractivity contribution in [2.45, 2.75) is 38.8 Å². The van der Waals surface area contributed by atoms with Gasteiger partial charge in [0.15, 0.2) is 0 Å². The molecular weight excluding hydrogens is 192 g/mol. The van der Waals surface area contributed by atoms with Crippen LogP contribution in [-0.2, 0) is 9.53 Å². The molecule has 4 heteroatoms. The molecule has 4 nitrogen and oxygen atoms in total.